The summed E-state index contributed by atoms with van der Waals surface area (Å²) < 4.78 is 26.0. The molecule has 0 saturated heterocycles. The first kappa shape index (κ1) is 14.8. The average Bonchev–Trinajstić information content (AvgIpc) is 2.37. The van der Waals surface area contributed by atoms with Crippen molar-refractivity contribution in [1.29, 1.82) is 0 Å². The van der Waals surface area contributed by atoms with E-state index in [0.29, 0.717) is 12.1 Å². The molecular formula is C10H9F2N3O4. The number of carboxylic acid groups (broad SMARTS) is 1. The fraction of sp³-hybridized carbons (Fsp3) is 0.300. The topological polar surface area (TPSA) is 127 Å². The van der Waals surface area contributed by atoms with Crippen molar-refractivity contribution in [2.24, 2.45) is 5.11 Å². The second-order valence-corrected chi connectivity index (χ2v) is 3.58. The highest BCUT2D eigenvalue weighted by Crippen LogP contribution is 2.24. The van der Waals surface area contributed by atoms with Crippen LogP contribution in [0.1, 0.15) is 22.0 Å². The molecule has 0 heterocycles. The van der Waals surface area contributed by atoms with Crippen LogP contribution < -0.4 is 0 Å². The number of azide groups is 1. The van der Waals surface area contributed by atoms with Crippen LogP contribution >= 0.6 is 0 Å². The first-order valence-electron chi connectivity index (χ1n) is 4.97. The van der Waals surface area contributed by atoms with E-state index in [1.54, 1.807) is 0 Å². The van der Waals surface area contributed by atoms with Gasteiger partial charge in [-0.1, -0.05) is 5.11 Å². The smallest absolute Gasteiger partial charge is 0.336 e. The Morgan fingerprint density at radius 2 is 1.95 bits per heavy atom. The fourth-order valence-corrected chi connectivity index (χ4v) is 1.42. The first-order chi connectivity index (χ1) is 8.88. The quantitative estimate of drug-likeness (QED) is 0.425. The summed E-state index contributed by atoms with van der Waals surface area (Å²) in [6, 6.07) is 0.874. The van der Waals surface area contributed by atoms with E-state index in [2.05, 4.69) is 10.0 Å². The summed E-state index contributed by atoms with van der Waals surface area (Å²) in [5, 5.41) is 30.9. The van der Waals surface area contributed by atoms with Gasteiger partial charge >= 0.3 is 5.97 Å². The van der Waals surface area contributed by atoms with E-state index in [9.17, 15) is 23.8 Å². The molecule has 0 aliphatic heterocycles. The molecule has 0 spiro atoms. The van der Waals surface area contributed by atoms with E-state index in [-0.39, 0.29) is 0 Å². The van der Waals surface area contributed by atoms with Gasteiger partial charge in [-0.05, 0) is 17.7 Å². The number of aromatic carboxylic acids is 1. The van der Waals surface area contributed by atoms with E-state index < -0.39 is 47.5 Å². The van der Waals surface area contributed by atoms with Gasteiger partial charge in [-0.15, -0.1) is 0 Å². The maximum absolute atomic E-state index is 13.1. The molecule has 9 heteroatoms. The Morgan fingerprint density at radius 3 is 2.47 bits per heavy atom. The first-order valence-corrected chi connectivity index (χ1v) is 4.97. The number of benzene rings is 1. The fourth-order valence-electron chi connectivity index (χ4n) is 1.42. The van der Waals surface area contributed by atoms with E-state index in [1.807, 2.05) is 0 Å². The predicted octanol–water partition coefficient (Wildman–Crippen LogP) is 1.37. The molecule has 0 fully saturated rings. The molecular weight excluding hydrogens is 264 g/mol. The van der Waals surface area contributed by atoms with Crippen molar-refractivity contribution < 1.29 is 28.9 Å². The monoisotopic (exact) mass is 273 g/mol. The zero-order chi connectivity index (χ0) is 14.6. The van der Waals surface area contributed by atoms with Gasteiger partial charge in [-0.2, -0.15) is 0 Å². The van der Waals surface area contributed by atoms with Gasteiger partial charge in [0.1, 0.15) is 6.10 Å². The average molecular weight is 273 g/mol. The number of carboxylic acids is 1. The summed E-state index contributed by atoms with van der Waals surface area (Å²) in [4.78, 5) is 13.2. The van der Waals surface area contributed by atoms with E-state index in [0.717, 1.165) is 0 Å². The van der Waals surface area contributed by atoms with Crippen LogP contribution in [-0.4, -0.2) is 33.9 Å². The van der Waals surface area contributed by atoms with Crippen LogP contribution in [0.5, 0.6) is 0 Å². The third kappa shape index (κ3) is 3.38. The highest BCUT2D eigenvalue weighted by molar-refractivity contribution is 5.89. The lowest BCUT2D eigenvalue weighted by atomic mass is 9.98. The van der Waals surface area contributed by atoms with Gasteiger partial charge in [-0.3, -0.25) is 0 Å². The Morgan fingerprint density at radius 1 is 1.37 bits per heavy atom. The molecule has 19 heavy (non-hydrogen) atoms. The van der Waals surface area contributed by atoms with Gasteiger partial charge in [-0.25, -0.2) is 13.6 Å². The lowest BCUT2D eigenvalue weighted by molar-refractivity contribution is 0.0230. The number of hydrogen-bond donors (Lipinski definition) is 3. The van der Waals surface area contributed by atoms with Crippen LogP contribution in [0, 0.1) is 11.6 Å². The van der Waals surface area contributed by atoms with Crippen LogP contribution in [-0.2, 0) is 0 Å². The molecule has 102 valence electrons. The second-order valence-electron chi connectivity index (χ2n) is 3.58. The summed E-state index contributed by atoms with van der Waals surface area (Å²) in [6.45, 7) is -0.546. The second kappa shape index (κ2) is 6.10. The molecule has 0 aromatic heterocycles. The predicted molar refractivity (Wildman–Crippen MR) is 58.3 cm³/mol. The molecule has 1 aromatic carbocycles. The van der Waals surface area contributed by atoms with Crippen molar-refractivity contribution >= 4 is 5.97 Å². The highest BCUT2D eigenvalue weighted by atomic mass is 19.2. The summed E-state index contributed by atoms with van der Waals surface area (Å²) >= 11 is 0. The summed E-state index contributed by atoms with van der Waals surface area (Å²) in [5.41, 5.74) is 6.86. The third-order valence-corrected chi connectivity index (χ3v) is 2.34. The Balaban J connectivity index is 3.20. The molecule has 0 saturated carbocycles. The molecule has 0 aliphatic rings. The van der Waals surface area contributed by atoms with Crippen LogP contribution in [0.25, 0.3) is 10.4 Å². The van der Waals surface area contributed by atoms with Crippen LogP contribution in [0.15, 0.2) is 17.2 Å². The van der Waals surface area contributed by atoms with Crippen molar-refractivity contribution in [3.63, 3.8) is 0 Å². The van der Waals surface area contributed by atoms with Crippen LogP contribution in [0.2, 0.25) is 0 Å². The molecule has 3 N–H and O–H groups in total. The maximum Gasteiger partial charge on any atom is 0.336 e. The molecule has 0 bridgehead atoms. The molecule has 0 radical (unpaired) electrons. The van der Waals surface area contributed by atoms with Gasteiger partial charge in [0.2, 0.25) is 0 Å². The van der Waals surface area contributed by atoms with E-state index in [1.165, 1.54) is 0 Å². The van der Waals surface area contributed by atoms with Crippen molar-refractivity contribution in [2.75, 3.05) is 6.54 Å². The molecule has 1 rings (SSSR count). The molecule has 1 aromatic rings. The Bertz CT molecular complexity index is 546. The van der Waals surface area contributed by atoms with Crippen molar-refractivity contribution in [1.82, 2.24) is 0 Å². The lowest BCUT2D eigenvalue weighted by Gasteiger charge is -2.18. The number of aliphatic hydroxyl groups is 2. The van der Waals surface area contributed by atoms with E-state index in [4.69, 9.17) is 10.6 Å². The number of rotatable bonds is 5. The number of hydrogen-bond acceptors (Lipinski definition) is 4. The van der Waals surface area contributed by atoms with Gasteiger partial charge in [0, 0.05) is 10.5 Å². The SMILES string of the molecule is [N-]=[N+]=NCC(O)C(O)c1cc(F)c(F)cc1C(=O)O. The number of carbonyl (C=O) groups is 1. The Kier molecular flexibility index (Phi) is 4.76. The minimum absolute atomic E-state index is 0.399. The maximum atomic E-state index is 13.1. The molecule has 0 amide bonds. The number of aliphatic hydroxyl groups excluding tert-OH is 2. The highest BCUT2D eigenvalue weighted by Gasteiger charge is 2.25. The van der Waals surface area contributed by atoms with Gasteiger partial charge < -0.3 is 15.3 Å². The Hall–Kier alpha value is -2.22. The number of nitrogens with zero attached hydrogens (tertiary/aromatic N) is 3. The largest absolute Gasteiger partial charge is 0.478 e. The van der Waals surface area contributed by atoms with Gasteiger partial charge in [0.25, 0.3) is 0 Å². The van der Waals surface area contributed by atoms with Gasteiger partial charge in [0.05, 0.1) is 18.2 Å². The van der Waals surface area contributed by atoms with Crippen LogP contribution in [0.4, 0.5) is 8.78 Å². The standard InChI is InChI=1S/C10H9F2N3O4/c11-6-1-4(5(10(18)19)2-7(6)12)9(17)8(16)3-14-15-13/h1-2,8-9,16-17H,3H2,(H,18,19). The van der Waals surface area contributed by atoms with Crippen molar-refractivity contribution in [3.05, 3.63) is 45.3 Å². The Labute approximate surface area is 105 Å². The van der Waals surface area contributed by atoms with E-state index >= 15 is 0 Å². The van der Waals surface area contributed by atoms with Crippen molar-refractivity contribution in [3.8, 4) is 0 Å². The molecule has 2 unspecified atom stereocenters. The summed E-state index contributed by atoms with van der Waals surface area (Å²) in [6.07, 6.45) is -3.47. The summed E-state index contributed by atoms with van der Waals surface area (Å²) in [7, 11) is 0. The minimum atomic E-state index is -1.83. The zero-order valence-corrected chi connectivity index (χ0v) is 9.36. The minimum Gasteiger partial charge on any atom is -0.478 e. The van der Waals surface area contributed by atoms with Crippen LogP contribution in [0.3, 0.4) is 0 Å². The van der Waals surface area contributed by atoms with Gasteiger partial charge in [0.15, 0.2) is 11.6 Å². The zero-order valence-electron chi connectivity index (χ0n) is 9.36. The normalized spacial score (nSPS) is 13.5. The molecule has 7 nitrogen and oxygen atoms in total. The lowest BCUT2D eigenvalue weighted by Crippen LogP contribution is -2.23. The molecule has 2 atom stereocenters. The summed E-state index contributed by atoms with van der Waals surface area (Å²) in [5.74, 6) is -4.35. The number of halogens is 2. The van der Waals surface area contributed by atoms with Crippen molar-refractivity contribution in [2.45, 2.75) is 12.2 Å². The molecule has 0 aliphatic carbocycles. The third-order valence-electron chi connectivity index (χ3n) is 2.34.